The minimum absolute atomic E-state index is 0.136. The standard InChI is InChI=1S/C31H38ClN7O5/c1-18-6-8-19(9-7-18)17-39-26-25(20-14-21(32)16-22(15-20)42-13-12-41-2)33-28(29-36-31(40)44-37-29)34-27(26)35-30(39)38-10-11-43-24-5-3-4-23(24)38/h14-16,18-19,23-24H,3-13,17H2,1-2H3,(H,36,37,40)/t18?,19?,23-,24-/m0/s1. The number of aromatic amines is 1. The zero-order valence-corrected chi connectivity index (χ0v) is 25.9. The lowest BCUT2D eigenvalue weighted by Crippen LogP contribution is -2.49. The topological polar surface area (TPSA) is 133 Å². The van der Waals surface area contributed by atoms with Crippen LogP contribution in [0.15, 0.2) is 27.5 Å². The molecular formula is C31H38ClN7O5. The Labute approximate surface area is 260 Å². The Balaban J connectivity index is 1.42. The number of rotatable bonds is 9. The van der Waals surface area contributed by atoms with Gasteiger partial charge in [-0.2, -0.15) is 4.98 Å². The summed E-state index contributed by atoms with van der Waals surface area (Å²) in [6.07, 6.45) is 8.23. The van der Waals surface area contributed by atoms with Crippen LogP contribution in [-0.2, 0) is 16.0 Å². The maximum atomic E-state index is 11.9. The predicted molar refractivity (Wildman–Crippen MR) is 165 cm³/mol. The molecule has 1 N–H and O–H groups in total. The molecule has 44 heavy (non-hydrogen) atoms. The Morgan fingerprint density at radius 1 is 1.07 bits per heavy atom. The molecule has 7 rings (SSSR count). The number of H-pyrrole nitrogens is 1. The van der Waals surface area contributed by atoms with Crippen molar-refractivity contribution in [3.8, 4) is 28.7 Å². The van der Waals surface area contributed by atoms with Crippen LogP contribution in [0.25, 0.3) is 34.1 Å². The van der Waals surface area contributed by atoms with Crippen LogP contribution in [0, 0.1) is 11.8 Å². The van der Waals surface area contributed by atoms with E-state index >= 15 is 0 Å². The highest BCUT2D eigenvalue weighted by Crippen LogP contribution is 2.40. The van der Waals surface area contributed by atoms with Crippen LogP contribution in [0.3, 0.4) is 0 Å². The van der Waals surface area contributed by atoms with E-state index in [0.29, 0.717) is 47.9 Å². The van der Waals surface area contributed by atoms with Crippen molar-refractivity contribution >= 4 is 28.7 Å². The summed E-state index contributed by atoms with van der Waals surface area (Å²) in [6, 6.07) is 5.82. The van der Waals surface area contributed by atoms with E-state index in [4.69, 9.17) is 45.3 Å². The van der Waals surface area contributed by atoms with Crippen LogP contribution < -0.4 is 15.4 Å². The Kier molecular flexibility index (Phi) is 8.30. The molecule has 3 fully saturated rings. The molecule has 0 radical (unpaired) electrons. The molecule has 0 bridgehead atoms. The van der Waals surface area contributed by atoms with Crippen LogP contribution in [0.2, 0.25) is 5.02 Å². The van der Waals surface area contributed by atoms with Crippen LogP contribution in [0.5, 0.6) is 5.75 Å². The number of nitrogens with one attached hydrogen (secondary N) is 1. The van der Waals surface area contributed by atoms with Gasteiger partial charge >= 0.3 is 5.76 Å². The van der Waals surface area contributed by atoms with Crippen molar-refractivity contribution in [2.75, 3.05) is 38.4 Å². The van der Waals surface area contributed by atoms with Gasteiger partial charge in [-0.3, -0.25) is 9.51 Å². The number of fused-ring (bicyclic) bond motifs is 2. The number of methoxy groups -OCH3 is 1. The van der Waals surface area contributed by atoms with E-state index in [-0.39, 0.29) is 23.8 Å². The molecule has 4 aromatic rings. The second-order valence-corrected chi connectivity index (χ2v) is 12.7. The van der Waals surface area contributed by atoms with Gasteiger partial charge in [-0.1, -0.05) is 36.5 Å². The number of nitrogens with zero attached hydrogens (tertiary/aromatic N) is 6. The Morgan fingerprint density at radius 3 is 2.73 bits per heavy atom. The van der Waals surface area contributed by atoms with Gasteiger partial charge < -0.3 is 23.7 Å². The van der Waals surface area contributed by atoms with Gasteiger partial charge in [-0.25, -0.2) is 14.8 Å². The lowest BCUT2D eigenvalue weighted by molar-refractivity contribution is 0.0247. The lowest BCUT2D eigenvalue weighted by Gasteiger charge is -2.39. The molecule has 13 heteroatoms. The fourth-order valence-electron chi connectivity index (χ4n) is 7.02. The third kappa shape index (κ3) is 5.82. The van der Waals surface area contributed by atoms with E-state index in [1.54, 1.807) is 13.2 Å². The van der Waals surface area contributed by atoms with Gasteiger partial charge in [0.2, 0.25) is 17.6 Å². The Hall–Kier alpha value is -3.48. The summed E-state index contributed by atoms with van der Waals surface area (Å²) in [4.78, 5) is 31.9. The van der Waals surface area contributed by atoms with Gasteiger partial charge in [-0.05, 0) is 62.1 Å². The van der Waals surface area contributed by atoms with Crippen molar-refractivity contribution in [3.05, 3.63) is 33.8 Å². The lowest BCUT2D eigenvalue weighted by atomic mass is 9.83. The summed E-state index contributed by atoms with van der Waals surface area (Å²) in [7, 11) is 1.63. The average Bonchev–Trinajstić information content (AvgIpc) is 3.76. The first-order valence-electron chi connectivity index (χ1n) is 15.6. The van der Waals surface area contributed by atoms with Gasteiger partial charge in [0.05, 0.1) is 25.4 Å². The van der Waals surface area contributed by atoms with Crippen LogP contribution in [0.4, 0.5) is 5.95 Å². The van der Waals surface area contributed by atoms with E-state index in [0.717, 1.165) is 55.3 Å². The molecular weight excluding hydrogens is 586 g/mol. The maximum Gasteiger partial charge on any atom is 0.439 e. The maximum absolute atomic E-state index is 11.9. The number of morpholine rings is 1. The SMILES string of the molecule is COCCOc1cc(Cl)cc(-c2nc(-c3noc(=O)[nH]3)nc3nc(N4CCO[C@H]5CCC[C@@H]54)n(CC4CCC(C)CC4)c23)c1. The number of hydrogen-bond donors (Lipinski definition) is 1. The van der Waals surface area contributed by atoms with E-state index in [1.165, 1.54) is 25.7 Å². The van der Waals surface area contributed by atoms with Gasteiger partial charge in [0.1, 0.15) is 23.6 Å². The number of anilines is 1. The van der Waals surface area contributed by atoms with E-state index < -0.39 is 5.76 Å². The minimum Gasteiger partial charge on any atom is -0.491 e. The molecule has 1 aromatic carbocycles. The van der Waals surface area contributed by atoms with Gasteiger partial charge in [0.15, 0.2) is 5.65 Å². The number of ether oxygens (including phenoxy) is 3. The van der Waals surface area contributed by atoms with Crippen molar-refractivity contribution in [1.82, 2.24) is 29.7 Å². The second-order valence-electron chi connectivity index (χ2n) is 12.3. The molecule has 2 aliphatic carbocycles. The van der Waals surface area contributed by atoms with Crippen LogP contribution in [0.1, 0.15) is 51.9 Å². The normalized spacial score (nSPS) is 23.8. The number of halogens is 1. The highest BCUT2D eigenvalue weighted by atomic mass is 35.5. The van der Waals surface area contributed by atoms with E-state index in [1.807, 2.05) is 12.1 Å². The van der Waals surface area contributed by atoms with Gasteiger partial charge in [0.25, 0.3) is 0 Å². The molecule has 1 aliphatic heterocycles. The van der Waals surface area contributed by atoms with Crippen molar-refractivity contribution in [2.24, 2.45) is 11.8 Å². The molecule has 0 spiro atoms. The summed E-state index contributed by atoms with van der Waals surface area (Å²) in [5, 5.41) is 4.39. The molecule has 0 unspecified atom stereocenters. The zero-order valence-electron chi connectivity index (χ0n) is 25.1. The first-order valence-corrected chi connectivity index (χ1v) is 16.0. The molecule has 4 heterocycles. The minimum atomic E-state index is -0.680. The predicted octanol–water partition coefficient (Wildman–Crippen LogP) is 5.10. The molecule has 1 saturated heterocycles. The van der Waals surface area contributed by atoms with Crippen LogP contribution >= 0.6 is 11.6 Å². The second kappa shape index (κ2) is 12.5. The molecule has 0 amide bonds. The number of aromatic nitrogens is 6. The number of hydrogen-bond acceptors (Lipinski definition) is 10. The van der Waals surface area contributed by atoms with Gasteiger partial charge in [-0.15, -0.1) is 0 Å². The molecule has 2 saturated carbocycles. The zero-order chi connectivity index (χ0) is 30.2. The monoisotopic (exact) mass is 623 g/mol. The number of imidazole rings is 1. The third-order valence-electron chi connectivity index (χ3n) is 9.25. The molecule has 234 valence electrons. The van der Waals surface area contributed by atoms with E-state index in [2.05, 4.69) is 26.5 Å². The summed E-state index contributed by atoms with van der Waals surface area (Å²) < 4.78 is 24.4. The first-order chi connectivity index (χ1) is 21.5. The fourth-order valence-corrected chi connectivity index (χ4v) is 7.24. The summed E-state index contributed by atoms with van der Waals surface area (Å²) in [5.74, 6) is 2.41. The average molecular weight is 624 g/mol. The highest BCUT2D eigenvalue weighted by molar-refractivity contribution is 6.31. The van der Waals surface area contributed by atoms with Crippen LogP contribution in [-0.4, -0.2) is 75.3 Å². The molecule has 3 aromatic heterocycles. The third-order valence-corrected chi connectivity index (χ3v) is 9.47. The summed E-state index contributed by atoms with van der Waals surface area (Å²) in [5.41, 5.74) is 2.72. The Morgan fingerprint density at radius 2 is 1.93 bits per heavy atom. The first kappa shape index (κ1) is 29.2. The van der Waals surface area contributed by atoms with Crippen molar-refractivity contribution in [2.45, 2.75) is 70.6 Å². The quantitative estimate of drug-likeness (QED) is 0.251. The van der Waals surface area contributed by atoms with Crippen molar-refractivity contribution in [1.29, 1.82) is 0 Å². The smallest absolute Gasteiger partial charge is 0.439 e. The highest BCUT2D eigenvalue weighted by Gasteiger charge is 2.39. The molecule has 12 nitrogen and oxygen atoms in total. The number of benzene rings is 1. The fraction of sp³-hybridized carbons (Fsp3) is 0.581. The summed E-state index contributed by atoms with van der Waals surface area (Å²) in [6.45, 7) is 5.39. The Bertz CT molecular complexity index is 1680. The molecule has 2 atom stereocenters. The largest absolute Gasteiger partial charge is 0.491 e. The van der Waals surface area contributed by atoms with Gasteiger partial charge in [0, 0.05) is 30.8 Å². The van der Waals surface area contributed by atoms with E-state index in [9.17, 15) is 4.79 Å². The van der Waals surface area contributed by atoms with Crippen molar-refractivity contribution < 1.29 is 18.7 Å². The molecule has 3 aliphatic rings. The summed E-state index contributed by atoms with van der Waals surface area (Å²) >= 11 is 6.65. The van der Waals surface area contributed by atoms with Crippen molar-refractivity contribution in [3.63, 3.8) is 0 Å².